The number of hydrogen-bond donors (Lipinski definition) is 1. The zero-order chi connectivity index (χ0) is 22.1. The standard InChI is InChI=1S/C26H28O5/c1-15-10-17(12-19(11-15)29-3)24-23(16-6-8-18(28-2)9-7-16)25-21(26(24)27)13-20(30-4)14-22(25)31-5/h6-14,23-24,26-27H,1-5H3/t23-,24-,26-/m1/s1. The fourth-order valence-corrected chi connectivity index (χ4v) is 4.69. The predicted octanol–water partition coefficient (Wildman–Crippen LogP) is 4.99. The largest absolute Gasteiger partial charge is 0.497 e. The highest BCUT2D eigenvalue weighted by molar-refractivity contribution is 5.59. The van der Waals surface area contributed by atoms with Crippen LogP contribution in [-0.4, -0.2) is 33.5 Å². The van der Waals surface area contributed by atoms with Crippen molar-refractivity contribution in [2.24, 2.45) is 0 Å². The summed E-state index contributed by atoms with van der Waals surface area (Å²) in [4.78, 5) is 0. The first-order valence-corrected chi connectivity index (χ1v) is 10.2. The van der Waals surface area contributed by atoms with Crippen LogP contribution in [0.3, 0.4) is 0 Å². The Morgan fingerprint density at radius 2 is 1.32 bits per heavy atom. The van der Waals surface area contributed by atoms with Gasteiger partial charge in [0.25, 0.3) is 0 Å². The van der Waals surface area contributed by atoms with E-state index in [0.717, 1.165) is 39.3 Å². The number of ether oxygens (including phenoxy) is 4. The number of fused-ring (bicyclic) bond motifs is 1. The Hall–Kier alpha value is -3.18. The molecule has 0 saturated heterocycles. The molecule has 0 amide bonds. The van der Waals surface area contributed by atoms with Gasteiger partial charge >= 0.3 is 0 Å². The molecule has 1 aliphatic rings. The van der Waals surface area contributed by atoms with Crippen LogP contribution >= 0.6 is 0 Å². The lowest BCUT2D eigenvalue weighted by Crippen LogP contribution is -2.12. The number of benzene rings is 3. The summed E-state index contributed by atoms with van der Waals surface area (Å²) in [7, 11) is 6.58. The second-order valence-corrected chi connectivity index (χ2v) is 7.84. The van der Waals surface area contributed by atoms with Crippen LogP contribution in [0.2, 0.25) is 0 Å². The quantitative estimate of drug-likeness (QED) is 0.609. The molecule has 0 saturated carbocycles. The molecule has 162 valence electrons. The Balaban J connectivity index is 1.95. The minimum absolute atomic E-state index is 0.108. The molecule has 5 nitrogen and oxygen atoms in total. The van der Waals surface area contributed by atoms with Crippen LogP contribution in [0.25, 0.3) is 0 Å². The normalized spacial score (nSPS) is 19.6. The molecule has 0 fully saturated rings. The summed E-state index contributed by atoms with van der Waals surface area (Å²) < 4.78 is 22.1. The van der Waals surface area contributed by atoms with Crippen molar-refractivity contribution in [3.63, 3.8) is 0 Å². The molecule has 3 aromatic rings. The van der Waals surface area contributed by atoms with E-state index in [4.69, 9.17) is 18.9 Å². The fraction of sp³-hybridized carbons (Fsp3) is 0.308. The summed E-state index contributed by atoms with van der Waals surface area (Å²) in [6, 6.07) is 17.9. The monoisotopic (exact) mass is 420 g/mol. The van der Waals surface area contributed by atoms with E-state index in [-0.39, 0.29) is 11.8 Å². The molecule has 0 radical (unpaired) electrons. The highest BCUT2D eigenvalue weighted by Crippen LogP contribution is 2.57. The third-order valence-electron chi connectivity index (χ3n) is 6.10. The van der Waals surface area contributed by atoms with Gasteiger partial charge in [0.05, 0.1) is 34.5 Å². The van der Waals surface area contributed by atoms with Gasteiger partial charge in [-0.3, -0.25) is 0 Å². The Morgan fingerprint density at radius 3 is 1.94 bits per heavy atom. The number of aliphatic hydroxyl groups is 1. The van der Waals surface area contributed by atoms with Gasteiger partial charge in [0.2, 0.25) is 0 Å². The fourth-order valence-electron chi connectivity index (χ4n) is 4.69. The maximum atomic E-state index is 11.5. The van der Waals surface area contributed by atoms with Gasteiger partial charge in [-0.25, -0.2) is 0 Å². The Labute approximate surface area is 183 Å². The van der Waals surface area contributed by atoms with Crippen molar-refractivity contribution in [2.75, 3.05) is 28.4 Å². The molecule has 0 aromatic heterocycles. The lowest BCUT2D eigenvalue weighted by atomic mass is 9.80. The van der Waals surface area contributed by atoms with Crippen LogP contribution in [0.15, 0.2) is 54.6 Å². The number of aryl methyl sites for hydroxylation is 1. The SMILES string of the molecule is COc1ccc([C@H]2c3c(OC)cc(OC)cc3[C@@H](O)[C@@H]2c2cc(C)cc(OC)c2)cc1. The Bertz CT molecular complexity index is 1070. The van der Waals surface area contributed by atoms with E-state index in [1.54, 1.807) is 28.4 Å². The summed E-state index contributed by atoms with van der Waals surface area (Å²) in [5.74, 6) is 2.61. The first-order valence-electron chi connectivity index (χ1n) is 10.2. The van der Waals surface area contributed by atoms with Gasteiger partial charge in [-0.1, -0.05) is 18.2 Å². The lowest BCUT2D eigenvalue weighted by Gasteiger charge is -2.25. The van der Waals surface area contributed by atoms with Crippen LogP contribution in [0.1, 0.15) is 45.8 Å². The molecule has 4 rings (SSSR count). The van der Waals surface area contributed by atoms with E-state index in [0.29, 0.717) is 11.5 Å². The maximum absolute atomic E-state index is 11.5. The van der Waals surface area contributed by atoms with Crippen LogP contribution in [-0.2, 0) is 0 Å². The predicted molar refractivity (Wildman–Crippen MR) is 120 cm³/mol. The zero-order valence-electron chi connectivity index (χ0n) is 18.5. The maximum Gasteiger partial charge on any atom is 0.126 e. The van der Waals surface area contributed by atoms with E-state index in [1.807, 2.05) is 43.3 Å². The van der Waals surface area contributed by atoms with Crippen LogP contribution in [0, 0.1) is 6.92 Å². The van der Waals surface area contributed by atoms with Gasteiger partial charge in [-0.2, -0.15) is 0 Å². The topological polar surface area (TPSA) is 57.2 Å². The minimum atomic E-state index is -0.724. The number of methoxy groups -OCH3 is 4. The summed E-state index contributed by atoms with van der Waals surface area (Å²) in [6.45, 7) is 2.03. The average Bonchev–Trinajstić information content (AvgIpc) is 3.10. The summed E-state index contributed by atoms with van der Waals surface area (Å²) in [5.41, 5.74) is 4.97. The summed E-state index contributed by atoms with van der Waals surface area (Å²) in [5, 5.41) is 11.5. The number of rotatable bonds is 6. The van der Waals surface area contributed by atoms with Gasteiger partial charge in [0, 0.05) is 23.5 Å². The van der Waals surface area contributed by atoms with Crippen molar-refractivity contribution in [2.45, 2.75) is 24.9 Å². The van der Waals surface area contributed by atoms with Crippen molar-refractivity contribution in [3.8, 4) is 23.0 Å². The van der Waals surface area contributed by atoms with E-state index >= 15 is 0 Å². The van der Waals surface area contributed by atoms with Gasteiger partial charge in [-0.05, 0) is 59.5 Å². The molecular weight excluding hydrogens is 392 g/mol. The number of aliphatic hydroxyl groups excluding tert-OH is 1. The van der Waals surface area contributed by atoms with Gasteiger partial charge in [-0.15, -0.1) is 0 Å². The molecule has 5 heteroatoms. The third-order valence-corrected chi connectivity index (χ3v) is 6.10. The minimum Gasteiger partial charge on any atom is -0.497 e. The van der Waals surface area contributed by atoms with Crippen LogP contribution in [0.4, 0.5) is 0 Å². The number of hydrogen-bond acceptors (Lipinski definition) is 5. The first kappa shape index (κ1) is 21.1. The van der Waals surface area contributed by atoms with Gasteiger partial charge in [0.15, 0.2) is 0 Å². The molecule has 1 aliphatic carbocycles. The van der Waals surface area contributed by atoms with E-state index in [2.05, 4.69) is 18.2 Å². The zero-order valence-corrected chi connectivity index (χ0v) is 18.5. The second kappa shape index (κ2) is 8.52. The van der Waals surface area contributed by atoms with E-state index in [9.17, 15) is 5.11 Å². The molecule has 3 atom stereocenters. The molecule has 0 unspecified atom stereocenters. The molecule has 0 aliphatic heterocycles. The molecule has 3 aromatic carbocycles. The highest BCUT2D eigenvalue weighted by Gasteiger charge is 2.44. The van der Waals surface area contributed by atoms with Crippen LogP contribution < -0.4 is 18.9 Å². The molecule has 0 bridgehead atoms. The van der Waals surface area contributed by atoms with Gasteiger partial charge in [0.1, 0.15) is 23.0 Å². The van der Waals surface area contributed by atoms with Crippen LogP contribution in [0.5, 0.6) is 23.0 Å². The molecular formula is C26H28O5. The third kappa shape index (κ3) is 3.70. The molecule has 31 heavy (non-hydrogen) atoms. The summed E-state index contributed by atoms with van der Waals surface area (Å²) >= 11 is 0. The average molecular weight is 421 g/mol. The van der Waals surface area contributed by atoms with Crippen molar-refractivity contribution >= 4 is 0 Å². The van der Waals surface area contributed by atoms with E-state index < -0.39 is 6.10 Å². The molecule has 1 N–H and O–H groups in total. The smallest absolute Gasteiger partial charge is 0.126 e. The highest BCUT2D eigenvalue weighted by atomic mass is 16.5. The van der Waals surface area contributed by atoms with Crippen molar-refractivity contribution in [3.05, 3.63) is 82.4 Å². The summed E-state index contributed by atoms with van der Waals surface area (Å²) in [6.07, 6.45) is -0.724. The van der Waals surface area contributed by atoms with Crippen molar-refractivity contribution in [1.82, 2.24) is 0 Å². The second-order valence-electron chi connectivity index (χ2n) is 7.84. The Kier molecular flexibility index (Phi) is 5.79. The lowest BCUT2D eigenvalue weighted by molar-refractivity contribution is 0.152. The first-order chi connectivity index (χ1) is 15.0. The van der Waals surface area contributed by atoms with Crippen molar-refractivity contribution in [1.29, 1.82) is 0 Å². The molecule has 0 heterocycles. The van der Waals surface area contributed by atoms with Gasteiger partial charge < -0.3 is 24.1 Å². The molecule has 0 spiro atoms. The Morgan fingerprint density at radius 1 is 0.677 bits per heavy atom. The van der Waals surface area contributed by atoms with Crippen molar-refractivity contribution < 1.29 is 24.1 Å². The van der Waals surface area contributed by atoms with E-state index in [1.165, 1.54) is 0 Å².